The Kier molecular flexibility index (Phi) is 14.2. The summed E-state index contributed by atoms with van der Waals surface area (Å²) >= 11 is 0. The molecule has 6 atom stereocenters. The second-order valence-electron chi connectivity index (χ2n) is 15.1. The van der Waals surface area contributed by atoms with Gasteiger partial charge in [0.25, 0.3) is 5.69 Å². The first-order valence-electron chi connectivity index (χ1n) is 20.2. The van der Waals surface area contributed by atoms with Crippen molar-refractivity contribution in [2.45, 2.75) is 76.0 Å². The molecule has 1 aliphatic heterocycles. The maximum atomic E-state index is 14.4. The van der Waals surface area contributed by atoms with Crippen molar-refractivity contribution in [3.63, 3.8) is 0 Å². The summed E-state index contributed by atoms with van der Waals surface area (Å²) in [5, 5.41) is 36.0. The molecule has 0 unspecified atom stereocenters. The Morgan fingerprint density at radius 2 is 1.78 bits per heavy atom. The number of nitro benzene ring substituents is 1. The first kappa shape index (κ1) is 42.4. The number of carbonyl (C=O) groups is 1. The molecule has 310 valence electrons. The molecule has 58 heavy (non-hydrogen) atoms. The minimum atomic E-state index is -1.39. The first-order valence-corrected chi connectivity index (χ1v) is 20.2. The Morgan fingerprint density at radius 1 is 1.03 bits per heavy atom. The van der Waals surface area contributed by atoms with E-state index in [1.54, 1.807) is 43.3 Å². The smallest absolute Gasteiger partial charge is 0.273 e. The molecule has 0 spiro atoms. The molecule has 1 amide bonds. The number of carbonyl (C=O) groups excluding carboxylic acids is 1. The predicted molar refractivity (Wildman–Crippen MR) is 219 cm³/mol. The van der Waals surface area contributed by atoms with Gasteiger partial charge in [0, 0.05) is 44.2 Å². The van der Waals surface area contributed by atoms with E-state index in [1.165, 1.54) is 12.1 Å². The van der Waals surface area contributed by atoms with E-state index in [1.807, 2.05) is 43.3 Å². The molecule has 3 aliphatic rings. The van der Waals surface area contributed by atoms with Crippen molar-refractivity contribution in [3.05, 3.63) is 112 Å². The number of rotatable bonds is 20. The minimum Gasteiger partial charge on any atom is -0.497 e. The summed E-state index contributed by atoms with van der Waals surface area (Å²) in [6.07, 6.45) is 8.82. The molecule has 0 bridgehead atoms. The fourth-order valence-corrected chi connectivity index (χ4v) is 8.99. The lowest BCUT2D eigenvalue weighted by Gasteiger charge is -2.59. The van der Waals surface area contributed by atoms with E-state index in [-0.39, 0.29) is 62.0 Å². The van der Waals surface area contributed by atoms with Crippen molar-refractivity contribution in [2.75, 3.05) is 40.6 Å². The number of aliphatic hydroxyl groups is 2. The standard InChI is InChI=1S/C45H55N3O10/c1-5-23-55-45-41(47(3)42(51)25-30-13-11-16-33(24-30)54-4)29-39(46-56-6-2)37-26-31(14-7-9-21-49)36(18-8-10-22-50)43(44(37)45)38-28-35(19-20-40(38)58-45)57-34-17-12-15-32(27-34)48(52)53/h5,11-13,15-17,19-20,24,26-28,31,36,41,43-44,49-50H,1,6-10,14,18,21-23,25,29H2,2-4H3/t31-,36+,41-,43+,44+,45+/m0/s1. The lowest BCUT2D eigenvalue weighted by molar-refractivity contribution is -0.384. The van der Waals surface area contributed by atoms with Crippen molar-refractivity contribution in [3.8, 4) is 23.0 Å². The van der Waals surface area contributed by atoms with Gasteiger partial charge in [0.2, 0.25) is 11.7 Å². The van der Waals surface area contributed by atoms with Crippen LogP contribution in [0.15, 0.2) is 96.2 Å². The number of aliphatic hydroxyl groups excluding tert-OH is 2. The van der Waals surface area contributed by atoms with Crippen LogP contribution in [0.1, 0.15) is 68.9 Å². The number of allylic oxidation sites excluding steroid dienone is 1. The van der Waals surface area contributed by atoms with E-state index in [0.29, 0.717) is 48.2 Å². The van der Waals surface area contributed by atoms with Gasteiger partial charge in [-0.15, -0.1) is 6.58 Å². The Hall–Kier alpha value is -5.24. The number of likely N-dealkylation sites (N-methyl/N-ethyl adjacent to an activating group) is 1. The van der Waals surface area contributed by atoms with Crippen molar-refractivity contribution in [1.29, 1.82) is 0 Å². The molecule has 1 heterocycles. The number of benzene rings is 3. The molecule has 2 N–H and O–H groups in total. The van der Waals surface area contributed by atoms with Gasteiger partial charge < -0.3 is 38.9 Å². The molecule has 6 rings (SSSR count). The number of ether oxygens (including phenoxy) is 4. The van der Waals surface area contributed by atoms with Crippen LogP contribution in [-0.2, 0) is 20.8 Å². The number of amides is 1. The summed E-state index contributed by atoms with van der Waals surface area (Å²) in [6.45, 7) is 6.50. The zero-order chi connectivity index (χ0) is 41.2. The largest absolute Gasteiger partial charge is 0.497 e. The average molecular weight is 798 g/mol. The van der Waals surface area contributed by atoms with E-state index < -0.39 is 22.7 Å². The highest BCUT2D eigenvalue weighted by Gasteiger charge is 2.65. The number of methoxy groups -OCH3 is 1. The molecule has 0 aromatic heterocycles. The number of oxime groups is 1. The molecule has 1 saturated carbocycles. The number of hydrogen-bond donors (Lipinski definition) is 2. The van der Waals surface area contributed by atoms with Gasteiger partial charge in [0.05, 0.1) is 42.8 Å². The molecule has 3 aromatic rings. The van der Waals surface area contributed by atoms with Gasteiger partial charge in [-0.3, -0.25) is 14.9 Å². The third-order valence-corrected chi connectivity index (χ3v) is 11.6. The number of nitrogens with zero attached hydrogens (tertiary/aromatic N) is 3. The molecule has 0 saturated heterocycles. The molecule has 13 nitrogen and oxygen atoms in total. The predicted octanol–water partition coefficient (Wildman–Crippen LogP) is 7.75. The topological polar surface area (TPSA) is 162 Å². The third kappa shape index (κ3) is 9.06. The normalized spacial score (nSPS) is 23.8. The summed E-state index contributed by atoms with van der Waals surface area (Å²) in [4.78, 5) is 33.0. The molecule has 0 radical (unpaired) electrons. The van der Waals surface area contributed by atoms with Gasteiger partial charge in [-0.1, -0.05) is 48.3 Å². The summed E-state index contributed by atoms with van der Waals surface area (Å²) in [5.41, 5.74) is 3.22. The highest BCUT2D eigenvalue weighted by molar-refractivity contribution is 6.03. The van der Waals surface area contributed by atoms with Crippen molar-refractivity contribution >= 4 is 17.3 Å². The lowest BCUT2D eigenvalue weighted by atomic mass is 9.55. The lowest BCUT2D eigenvalue weighted by Crippen LogP contribution is -2.69. The second kappa shape index (κ2) is 19.5. The van der Waals surface area contributed by atoms with Crippen LogP contribution in [0.3, 0.4) is 0 Å². The monoisotopic (exact) mass is 797 g/mol. The summed E-state index contributed by atoms with van der Waals surface area (Å²) in [6, 6.07) is 18.4. The zero-order valence-electron chi connectivity index (χ0n) is 33.6. The molecular formula is C45H55N3O10. The Morgan fingerprint density at radius 3 is 2.50 bits per heavy atom. The zero-order valence-corrected chi connectivity index (χ0v) is 33.6. The van der Waals surface area contributed by atoms with Crippen molar-refractivity contribution in [2.24, 2.45) is 22.9 Å². The van der Waals surface area contributed by atoms with Crippen LogP contribution in [0.2, 0.25) is 0 Å². The van der Waals surface area contributed by atoms with Crippen LogP contribution in [0.25, 0.3) is 0 Å². The number of nitro groups is 1. The molecule has 13 heteroatoms. The Balaban J connectivity index is 1.53. The molecule has 3 aromatic carbocycles. The average Bonchev–Trinajstić information content (AvgIpc) is 3.23. The molecule has 1 fully saturated rings. The Bertz CT molecular complexity index is 1980. The highest BCUT2D eigenvalue weighted by atomic mass is 16.7. The van der Waals surface area contributed by atoms with Crippen LogP contribution in [-0.4, -0.2) is 84.1 Å². The van der Waals surface area contributed by atoms with Gasteiger partial charge in [-0.2, -0.15) is 0 Å². The van der Waals surface area contributed by atoms with Crippen LogP contribution in [0.5, 0.6) is 23.0 Å². The number of fused-ring (bicyclic) bond motifs is 2. The van der Waals surface area contributed by atoms with E-state index in [2.05, 4.69) is 12.7 Å². The van der Waals surface area contributed by atoms with Gasteiger partial charge in [0.1, 0.15) is 35.6 Å². The quantitative estimate of drug-likeness (QED) is 0.0500. The van der Waals surface area contributed by atoms with Crippen molar-refractivity contribution < 1.29 is 43.7 Å². The number of non-ortho nitro benzene ring substituents is 1. The van der Waals surface area contributed by atoms with Crippen LogP contribution < -0.4 is 14.2 Å². The maximum Gasteiger partial charge on any atom is 0.273 e. The summed E-state index contributed by atoms with van der Waals surface area (Å²) in [5.74, 6) is -0.171. The first-order chi connectivity index (χ1) is 28.2. The van der Waals surface area contributed by atoms with Crippen LogP contribution in [0.4, 0.5) is 5.69 Å². The third-order valence-electron chi connectivity index (χ3n) is 11.6. The van der Waals surface area contributed by atoms with E-state index >= 15 is 0 Å². The van der Waals surface area contributed by atoms with Crippen molar-refractivity contribution in [1.82, 2.24) is 4.90 Å². The van der Waals surface area contributed by atoms with Crippen LogP contribution >= 0.6 is 0 Å². The van der Waals surface area contributed by atoms with E-state index in [9.17, 15) is 25.1 Å². The van der Waals surface area contributed by atoms with Gasteiger partial charge in [-0.05, 0) is 92.0 Å². The molecular weight excluding hydrogens is 743 g/mol. The van der Waals surface area contributed by atoms with Crippen LogP contribution in [0, 0.1) is 27.9 Å². The SMILES string of the molecule is C=CCO[C@@]12Oc3ccc(Oc4cccc([N+](=O)[O-])c4)cc3[C@H]3[C@H](CCCCO)[C@@H](CCCCO)C=C(C(=NOCC)C[C@@H]1N(C)C(=O)Cc1cccc(OC)c1)[C@H]32. The minimum absolute atomic E-state index is 0.0197. The van der Waals surface area contributed by atoms with Gasteiger partial charge in [0.15, 0.2) is 0 Å². The second-order valence-corrected chi connectivity index (χ2v) is 15.1. The van der Waals surface area contributed by atoms with E-state index in [4.69, 9.17) is 28.9 Å². The Labute approximate surface area is 340 Å². The van der Waals surface area contributed by atoms with Gasteiger partial charge in [-0.25, -0.2) is 0 Å². The summed E-state index contributed by atoms with van der Waals surface area (Å²) < 4.78 is 25.9. The fourth-order valence-electron chi connectivity index (χ4n) is 8.99. The molecule has 2 aliphatic carbocycles. The van der Waals surface area contributed by atoms with Gasteiger partial charge >= 0.3 is 0 Å². The number of hydrogen-bond acceptors (Lipinski definition) is 11. The maximum absolute atomic E-state index is 14.4. The number of unbranched alkanes of at least 4 members (excludes halogenated alkanes) is 2. The highest BCUT2D eigenvalue weighted by Crippen LogP contribution is 2.62. The fraction of sp³-hybridized carbons (Fsp3) is 0.467. The van der Waals surface area contributed by atoms with E-state index in [0.717, 1.165) is 42.4 Å². The summed E-state index contributed by atoms with van der Waals surface area (Å²) in [7, 11) is 3.37.